The highest BCUT2D eigenvalue weighted by Gasteiger charge is 2.11. The van der Waals surface area contributed by atoms with Crippen LogP contribution in [0.4, 0.5) is 0 Å². The van der Waals surface area contributed by atoms with E-state index in [9.17, 15) is 4.79 Å². The van der Waals surface area contributed by atoms with Gasteiger partial charge in [-0.1, -0.05) is 6.08 Å². The summed E-state index contributed by atoms with van der Waals surface area (Å²) in [4.78, 5) is 14.9. The van der Waals surface area contributed by atoms with Crippen LogP contribution in [-0.4, -0.2) is 18.8 Å². The summed E-state index contributed by atoms with van der Waals surface area (Å²) in [5.41, 5.74) is 0. The monoisotopic (exact) mass is 167 g/mol. The van der Waals surface area contributed by atoms with Gasteiger partial charge in [0.25, 0.3) is 0 Å². The van der Waals surface area contributed by atoms with Gasteiger partial charge in [0, 0.05) is 12.4 Å². The first-order valence-electron chi connectivity index (χ1n) is 4.17. The van der Waals surface area contributed by atoms with Crippen molar-refractivity contribution in [2.24, 2.45) is 10.9 Å². The minimum Gasteiger partial charge on any atom is -0.466 e. The number of nitrogens with zero attached hydrogens (tertiary/aromatic N) is 1. The highest BCUT2D eigenvalue weighted by atomic mass is 16.5. The van der Waals surface area contributed by atoms with Crippen molar-refractivity contribution in [2.75, 3.05) is 6.61 Å². The molecule has 3 heteroatoms. The molecule has 1 aliphatic heterocycles. The molecule has 1 aliphatic rings. The lowest BCUT2D eigenvalue weighted by molar-refractivity contribution is -0.143. The number of carbonyl (C=O) groups is 1. The standard InChI is InChI=1S/C9H13NO2/c1-2-12-9(11)7-8-3-5-10-6-4-8/h3,5-6,8H,2,4,7H2,1H3. The fraction of sp³-hybridized carbons (Fsp3) is 0.556. The van der Waals surface area contributed by atoms with Crippen LogP contribution in [0.2, 0.25) is 0 Å². The van der Waals surface area contributed by atoms with Crippen LogP contribution in [0, 0.1) is 5.92 Å². The Kier molecular flexibility index (Phi) is 3.51. The first-order valence-corrected chi connectivity index (χ1v) is 4.17. The topological polar surface area (TPSA) is 38.7 Å². The lowest BCUT2D eigenvalue weighted by atomic mass is 10.0. The Bertz CT molecular complexity index is 209. The fourth-order valence-corrected chi connectivity index (χ4v) is 1.09. The van der Waals surface area contributed by atoms with Gasteiger partial charge in [-0.2, -0.15) is 0 Å². The molecule has 1 unspecified atom stereocenters. The van der Waals surface area contributed by atoms with Crippen molar-refractivity contribution in [3.05, 3.63) is 12.3 Å². The van der Waals surface area contributed by atoms with Crippen LogP contribution < -0.4 is 0 Å². The second-order valence-electron chi connectivity index (χ2n) is 2.68. The number of carbonyl (C=O) groups excluding carboxylic acids is 1. The third-order valence-electron chi connectivity index (χ3n) is 1.69. The smallest absolute Gasteiger partial charge is 0.306 e. The quantitative estimate of drug-likeness (QED) is 0.598. The summed E-state index contributed by atoms with van der Waals surface area (Å²) < 4.78 is 4.83. The van der Waals surface area contributed by atoms with Gasteiger partial charge in [-0.3, -0.25) is 9.79 Å². The van der Waals surface area contributed by atoms with Crippen molar-refractivity contribution in [1.29, 1.82) is 0 Å². The van der Waals surface area contributed by atoms with E-state index in [1.807, 2.05) is 19.2 Å². The average molecular weight is 167 g/mol. The van der Waals surface area contributed by atoms with Crippen LogP contribution in [0.5, 0.6) is 0 Å². The first-order chi connectivity index (χ1) is 5.83. The molecule has 1 heterocycles. The third-order valence-corrected chi connectivity index (χ3v) is 1.69. The Balaban J connectivity index is 2.27. The molecule has 0 aromatic carbocycles. The number of hydrogen-bond acceptors (Lipinski definition) is 3. The highest BCUT2D eigenvalue weighted by molar-refractivity contribution is 5.71. The zero-order valence-electron chi connectivity index (χ0n) is 7.19. The normalized spacial score (nSPS) is 20.9. The Hall–Kier alpha value is -1.12. The maximum atomic E-state index is 11.0. The number of allylic oxidation sites excluding steroid dienone is 1. The molecule has 0 saturated carbocycles. The molecule has 0 fully saturated rings. The van der Waals surface area contributed by atoms with Gasteiger partial charge in [-0.15, -0.1) is 0 Å². The van der Waals surface area contributed by atoms with Gasteiger partial charge >= 0.3 is 5.97 Å². The second kappa shape index (κ2) is 4.70. The van der Waals surface area contributed by atoms with Gasteiger partial charge in [0.05, 0.1) is 13.0 Å². The van der Waals surface area contributed by atoms with Crippen LogP contribution in [-0.2, 0) is 9.53 Å². The summed E-state index contributed by atoms with van der Waals surface area (Å²) >= 11 is 0. The molecule has 0 amide bonds. The molecule has 0 aliphatic carbocycles. The van der Waals surface area contributed by atoms with Crippen molar-refractivity contribution in [3.8, 4) is 0 Å². The van der Waals surface area contributed by atoms with Crippen LogP contribution in [0.15, 0.2) is 17.3 Å². The average Bonchev–Trinajstić information content (AvgIpc) is 2.06. The predicted octanol–water partition coefficient (Wildman–Crippen LogP) is 1.54. The number of rotatable bonds is 3. The minimum absolute atomic E-state index is 0.123. The van der Waals surface area contributed by atoms with Gasteiger partial charge in [-0.05, 0) is 19.3 Å². The Morgan fingerprint density at radius 2 is 2.58 bits per heavy atom. The molecule has 0 N–H and O–H groups in total. The van der Waals surface area contributed by atoms with Gasteiger partial charge in [0.2, 0.25) is 0 Å². The van der Waals surface area contributed by atoms with E-state index in [1.165, 1.54) is 0 Å². The van der Waals surface area contributed by atoms with E-state index in [2.05, 4.69) is 4.99 Å². The van der Waals surface area contributed by atoms with Gasteiger partial charge < -0.3 is 4.74 Å². The van der Waals surface area contributed by atoms with Gasteiger partial charge in [-0.25, -0.2) is 0 Å². The molecule has 0 aromatic rings. The molecule has 66 valence electrons. The molecule has 1 rings (SSSR count). The number of ether oxygens (including phenoxy) is 1. The number of aliphatic imine (C=N–C) groups is 1. The maximum Gasteiger partial charge on any atom is 0.306 e. The van der Waals surface area contributed by atoms with E-state index in [0.29, 0.717) is 13.0 Å². The fourth-order valence-electron chi connectivity index (χ4n) is 1.09. The lowest BCUT2D eigenvalue weighted by Gasteiger charge is -2.10. The molecule has 0 radical (unpaired) electrons. The van der Waals surface area contributed by atoms with Crippen molar-refractivity contribution in [3.63, 3.8) is 0 Å². The molecule has 0 saturated heterocycles. The summed E-state index contributed by atoms with van der Waals surface area (Å²) in [5.74, 6) is 0.156. The summed E-state index contributed by atoms with van der Waals surface area (Å²) in [5, 5.41) is 0. The Morgan fingerprint density at radius 1 is 1.75 bits per heavy atom. The Labute approximate surface area is 72.1 Å². The van der Waals surface area contributed by atoms with Gasteiger partial charge in [0.1, 0.15) is 0 Å². The highest BCUT2D eigenvalue weighted by Crippen LogP contribution is 2.13. The van der Waals surface area contributed by atoms with Crippen LogP contribution >= 0.6 is 0 Å². The van der Waals surface area contributed by atoms with E-state index >= 15 is 0 Å². The van der Waals surface area contributed by atoms with Crippen LogP contribution in [0.1, 0.15) is 19.8 Å². The van der Waals surface area contributed by atoms with Crippen LogP contribution in [0.3, 0.4) is 0 Å². The lowest BCUT2D eigenvalue weighted by Crippen LogP contribution is -2.11. The third kappa shape index (κ3) is 2.86. The zero-order chi connectivity index (χ0) is 8.81. The molecule has 12 heavy (non-hydrogen) atoms. The molecule has 0 aromatic heterocycles. The summed E-state index contributed by atoms with van der Waals surface area (Å²) in [7, 11) is 0. The maximum absolute atomic E-state index is 11.0. The van der Waals surface area contributed by atoms with Crippen molar-refractivity contribution < 1.29 is 9.53 Å². The molecular weight excluding hydrogens is 154 g/mol. The SMILES string of the molecule is CCOC(=O)CC1C=CN=CC1. The molecule has 1 atom stereocenters. The second-order valence-corrected chi connectivity index (χ2v) is 2.68. The zero-order valence-corrected chi connectivity index (χ0v) is 7.19. The summed E-state index contributed by atoms with van der Waals surface area (Å²) in [6.45, 7) is 2.28. The van der Waals surface area contributed by atoms with E-state index in [0.717, 1.165) is 6.42 Å². The molecule has 0 bridgehead atoms. The van der Waals surface area contributed by atoms with Gasteiger partial charge in [0.15, 0.2) is 0 Å². The predicted molar refractivity (Wildman–Crippen MR) is 47.0 cm³/mol. The van der Waals surface area contributed by atoms with E-state index in [-0.39, 0.29) is 11.9 Å². The van der Waals surface area contributed by atoms with E-state index in [4.69, 9.17) is 4.74 Å². The summed E-state index contributed by atoms with van der Waals surface area (Å²) in [6.07, 6.45) is 6.81. The number of esters is 1. The summed E-state index contributed by atoms with van der Waals surface area (Å²) in [6, 6.07) is 0. The van der Waals surface area contributed by atoms with Crippen molar-refractivity contribution in [1.82, 2.24) is 0 Å². The molecular formula is C9H13NO2. The largest absolute Gasteiger partial charge is 0.466 e. The van der Waals surface area contributed by atoms with E-state index in [1.54, 1.807) is 6.20 Å². The Morgan fingerprint density at radius 3 is 3.17 bits per heavy atom. The molecule has 3 nitrogen and oxygen atoms in total. The molecule has 0 spiro atoms. The van der Waals surface area contributed by atoms with E-state index < -0.39 is 0 Å². The number of hydrogen-bond donors (Lipinski definition) is 0. The van der Waals surface area contributed by atoms with Crippen molar-refractivity contribution >= 4 is 12.2 Å². The van der Waals surface area contributed by atoms with Crippen molar-refractivity contribution in [2.45, 2.75) is 19.8 Å². The van der Waals surface area contributed by atoms with Crippen LogP contribution in [0.25, 0.3) is 0 Å². The minimum atomic E-state index is -0.123. The first kappa shape index (κ1) is 8.97.